The second-order valence-corrected chi connectivity index (χ2v) is 7.90. The van der Waals surface area contributed by atoms with Crippen LogP contribution in [0.15, 0.2) is 57.5 Å². The number of aliphatic hydroxyl groups is 1. The van der Waals surface area contributed by atoms with Crippen LogP contribution in [0.1, 0.15) is 38.1 Å². The summed E-state index contributed by atoms with van der Waals surface area (Å²) in [6.45, 7) is 7.34. The number of aliphatic hydroxyl groups excluding tert-OH is 1. The molecule has 0 saturated carbocycles. The second kappa shape index (κ2) is 12.7. The summed E-state index contributed by atoms with van der Waals surface area (Å²) in [5.74, 6) is 1.95. The number of rotatable bonds is 9. The zero-order valence-electron chi connectivity index (χ0n) is 17.9. The van der Waals surface area contributed by atoms with Crippen molar-refractivity contribution in [3.05, 3.63) is 59.3 Å². The van der Waals surface area contributed by atoms with E-state index in [1.807, 2.05) is 62.5 Å². The Morgan fingerprint density at radius 1 is 1.26 bits per heavy atom. The molecule has 3 rings (SSSR count). The minimum Gasteiger partial charge on any atom is -0.491 e. The zero-order valence-corrected chi connectivity index (χ0v) is 21.0. The minimum absolute atomic E-state index is 0. The predicted octanol–water partition coefficient (Wildman–Crippen LogP) is 4.60. The van der Waals surface area contributed by atoms with Crippen molar-refractivity contribution in [2.24, 2.45) is 4.99 Å². The maximum absolute atomic E-state index is 10.6. The van der Waals surface area contributed by atoms with E-state index in [9.17, 15) is 5.11 Å². The van der Waals surface area contributed by atoms with Gasteiger partial charge >= 0.3 is 0 Å². The van der Waals surface area contributed by atoms with Gasteiger partial charge in [0.1, 0.15) is 17.7 Å². The maximum Gasteiger partial charge on any atom is 0.236 e. The van der Waals surface area contributed by atoms with Gasteiger partial charge in [-0.25, -0.2) is 9.98 Å². The Morgan fingerprint density at radius 3 is 2.81 bits per heavy atom. The average molecular weight is 556 g/mol. The predicted molar refractivity (Wildman–Crippen MR) is 135 cm³/mol. The molecule has 3 N–H and O–H groups in total. The van der Waals surface area contributed by atoms with Gasteiger partial charge in [0, 0.05) is 13.1 Å². The SMILES string of the molecule is CCNC(=NCc1coc(-c2cccs2)n1)NCC(O)c1cccc(OC(C)C)c1.I. The van der Waals surface area contributed by atoms with Gasteiger partial charge in [-0.1, -0.05) is 18.2 Å². The van der Waals surface area contributed by atoms with E-state index in [-0.39, 0.29) is 30.1 Å². The molecule has 0 fully saturated rings. The molecule has 0 bridgehead atoms. The molecule has 0 spiro atoms. The summed E-state index contributed by atoms with van der Waals surface area (Å²) in [5, 5.41) is 18.9. The third-order valence-corrected chi connectivity index (χ3v) is 4.96. The molecule has 168 valence electrons. The molecule has 0 saturated heterocycles. The number of thiophene rings is 1. The number of guanidine groups is 1. The van der Waals surface area contributed by atoms with E-state index in [0.29, 0.717) is 31.5 Å². The molecule has 1 atom stereocenters. The Labute approximate surface area is 204 Å². The first kappa shape index (κ1) is 25.2. The summed E-state index contributed by atoms with van der Waals surface area (Å²) in [6, 6.07) is 11.4. The van der Waals surface area contributed by atoms with Crippen LogP contribution in [0.25, 0.3) is 10.8 Å². The quantitative estimate of drug-likeness (QED) is 0.203. The van der Waals surface area contributed by atoms with Crippen molar-refractivity contribution in [3.8, 4) is 16.5 Å². The molecule has 2 heterocycles. The third-order valence-electron chi connectivity index (χ3n) is 4.10. The van der Waals surface area contributed by atoms with E-state index in [1.165, 1.54) is 0 Å². The van der Waals surface area contributed by atoms with Gasteiger partial charge in [-0.15, -0.1) is 35.3 Å². The molecule has 7 nitrogen and oxygen atoms in total. The number of benzene rings is 1. The van der Waals surface area contributed by atoms with Crippen LogP contribution in [0, 0.1) is 0 Å². The zero-order chi connectivity index (χ0) is 21.3. The van der Waals surface area contributed by atoms with Crippen LogP contribution in [0.2, 0.25) is 0 Å². The summed E-state index contributed by atoms with van der Waals surface area (Å²) in [6.07, 6.45) is 1.01. The fourth-order valence-electron chi connectivity index (χ4n) is 2.77. The van der Waals surface area contributed by atoms with Crippen LogP contribution in [0.4, 0.5) is 0 Å². The van der Waals surface area contributed by atoms with E-state index in [1.54, 1.807) is 17.6 Å². The number of aliphatic imine (C=N–C) groups is 1. The fraction of sp³-hybridized carbons (Fsp3) is 0.364. The van der Waals surface area contributed by atoms with Gasteiger partial charge in [0.15, 0.2) is 5.96 Å². The van der Waals surface area contributed by atoms with E-state index >= 15 is 0 Å². The molecule has 0 aliphatic heterocycles. The number of hydrogen-bond donors (Lipinski definition) is 3. The van der Waals surface area contributed by atoms with Crippen molar-refractivity contribution in [2.75, 3.05) is 13.1 Å². The molecule has 1 unspecified atom stereocenters. The summed E-state index contributed by atoms with van der Waals surface area (Å²) < 4.78 is 11.2. The van der Waals surface area contributed by atoms with Gasteiger partial charge < -0.3 is 24.9 Å². The van der Waals surface area contributed by atoms with Crippen molar-refractivity contribution < 1.29 is 14.3 Å². The summed E-state index contributed by atoms with van der Waals surface area (Å²) in [7, 11) is 0. The van der Waals surface area contributed by atoms with E-state index < -0.39 is 6.10 Å². The molecule has 0 aliphatic carbocycles. The highest BCUT2D eigenvalue weighted by Gasteiger charge is 2.11. The second-order valence-electron chi connectivity index (χ2n) is 6.95. The van der Waals surface area contributed by atoms with Gasteiger partial charge in [0.05, 0.1) is 23.6 Å². The first-order valence-electron chi connectivity index (χ1n) is 10.00. The van der Waals surface area contributed by atoms with Crippen LogP contribution >= 0.6 is 35.3 Å². The number of nitrogens with one attached hydrogen (secondary N) is 2. The summed E-state index contributed by atoms with van der Waals surface area (Å²) >= 11 is 1.58. The van der Waals surface area contributed by atoms with E-state index in [0.717, 1.165) is 21.9 Å². The third kappa shape index (κ3) is 7.82. The standard InChI is InChI=1S/C22H28N4O3S.HI/c1-4-23-22(24-12-17-14-28-21(26-17)20-9-6-10-30-20)25-13-19(27)16-7-5-8-18(11-16)29-15(2)3;/h5-11,14-15,19,27H,4,12-13H2,1-3H3,(H2,23,24,25);1H. The highest BCUT2D eigenvalue weighted by Crippen LogP contribution is 2.24. The van der Waals surface area contributed by atoms with E-state index in [2.05, 4.69) is 20.6 Å². The van der Waals surface area contributed by atoms with Crippen LogP contribution in [-0.4, -0.2) is 35.2 Å². The highest BCUT2D eigenvalue weighted by molar-refractivity contribution is 14.0. The van der Waals surface area contributed by atoms with Crippen LogP contribution < -0.4 is 15.4 Å². The first-order valence-corrected chi connectivity index (χ1v) is 10.9. The van der Waals surface area contributed by atoms with Crippen molar-refractivity contribution in [2.45, 2.75) is 39.5 Å². The van der Waals surface area contributed by atoms with Crippen molar-refractivity contribution in [1.29, 1.82) is 0 Å². The Balaban J connectivity index is 0.00000341. The number of ether oxygens (including phenoxy) is 1. The molecule has 0 amide bonds. The van der Waals surface area contributed by atoms with Crippen LogP contribution in [-0.2, 0) is 6.54 Å². The molecule has 31 heavy (non-hydrogen) atoms. The normalized spacial score (nSPS) is 12.4. The van der Waals surface area contributed by atoms with Crippen LogP contribution in [0.3, 0.4) is 0 Å². The number of nitrogens with zero attached hydrogens (tertiary/aromatic N) is 2. The number of hydrogen-bond acceptors (Lipinski definition) is 6. The maximum atomic E-state index is 10.6. The van der Waals surface area contributed by atoms with E-state index in [4.69, 9.17) is 9.15 Å². The molecule has 3 aromatic rings. The van der Waals surface area contributed by atoms with Crippen molar-refractivity contribution in [1.82, 2.24) is 15.6 Å². The van der Waals surface area contributed by atoms with Gasteiger partial charge in [-0.2, -0.15) is 0 Å². The Morgan fingerprint density at radius 2 is 2.10 bits per heavy atom. The fourth-order valence-corrected chi connectivity index (χ4v) is 3.43. The number of aromatic nitrogens is 1. The summed E-state index contributed by atoms with van der Waals surface area (Å²) in [4.78, 5) is 10.0. The lowest BCUT2D eigenvalue weighted by Gasteiger charge is -2.17. The smallest absolute Gasteiger partial charge is 0.236 e. The Hall–Kier alpha value is -2.11. The largest absolute Gasteiger partial charge is 0.491 e. The molecular formula is C22H29IN4O3S. The lowest BCUT2D eigenvalue weighted by atomic mass is 10.1. The Kier molecular flexibility index (Phi) is 10.3. The molecule has 9 heteroatoms. The highest BCUT2D eigenvalue weighted by atomic mass is 127. The molecular weight excluding hydrogens is 527 g/mol. The monoisotopic (exact) mass is 556 g/mol. The number of halogens is 1. The van der Waals surface area contributed by atoms with Crippen molar-refractivity contribution in [3.63, 3.8) is 0 Å². The average Bonchev–Trinajstić information content (AvgIpc) is 3.41. The topological polar surface area (TPSA) is 91.9 Å². The summed E-state index contributed by atoms with van der Waals surface area (Å²) in [5.41, 5.74) is 1.53. The van der Waals surface area contributed by atoms with Crippen molar-refractivity contribution >= 4 is 41.3 Å². The van der Waals surface area contributed by atoms with Gasteiger partial charge in [-0.3, -0.25) is 0 Å². The number of oxazole rings is 1. The molecule has 1 aromatic carbocycles. The van der Waals surface area contributed by atoms with Crippen LogP contribution in [0.5, 0.6) is 5.75 Å². The molecule has 0 radical (unpaired) electrons. The lowest BCUT2D eigenvalue weighted by molar-refractivity contribution is 0.179. The first-order chi connectivity index (χ1) is 14.5. The van der Waals surface area contributed by atoms with Gasteiger partial charge in [0.25, 0.3) is 0 Å². The minimum atomic E-state index is -0.693. The Bertz CT molecular complexity index is 944. The van der Waals surface area contributed by atoms with Gasteiger partial charge in [-0.05, 0) is 49.9 Å². The van der Waals surface area contributed by atoms with Gasteiger partial charge in [0.2, 0.25) is 5.89 Å². The lowest BCUT2D eigenvalue weighted by Crippen LogP contribution is -2.39. The molecule has 2 aromatic heterocycles. The molecule has 0 aliphatic rings.